The molecule has 1 rings (SSSR count). The van der Waals surface area contributed by atoms with Gasteiger partial charge in [-0.25, -0.2) is 0 Å². The maximum Gasteiger partial charge on any atom is 0.0692 e. The van der Waals surface area contributed by atoms with E-state index in [1.54, 1.807) is 0 Å². The van der Waals surface area contributed by atoms with E-state index >= 15 is 0 Å². The van der Waals surface area contributed by atoms with Crippen LogP contribution in [0.1, 0.15) is 59.3 Å². The van der Waals surface area contributed by atoms with Crippen molar-refractivity contribution in [2.75, 3.05) is 6.54 Å². The van der Waals surface area contributed by atoms with E-state index in [-0.39, 0.29) is 6.10 Å². The van der Waals surface area contributed by atoms with E-state index in [2.05, 4.69) is 26.1 Å². The Kier molecular flexibility index (Phi) is 6.37. The van der Waals surface area contributed by atoms with Gasteiger partial charge in [-0.05, 0) is 31.6 Å². The molecule has 1 fully saturated rings. The Morgan fingerprint density at radius 3 is 2.25 bits per heavy atom. The van der Waals surface area contributed by atoms with E-state index in [9.17, 15) is 5.11 Å². The Morgan fingerprint density at radius 2 is 1.75 bits per heavy atom. The molecule has 0 aromatic rings. The summed E-state index contributed by atoms with van der Waals surface area (Å²) in [6.45, 7) is 7.37. The topological polar surface area (TPSA) is 32.3 Å². The average molecular weight is 227 g/mol. The minimum absolute atomic E-state index is 0.168. The standard InChI is InChI=1S/C14H29NO/c1-4-12(5-2)14(16)10-15-11(3)13-8-6-7-9-13/h11-16H,4-10H2,1-3H3. The Morgan fingerprint density at radius 1 is 1.19 bits per heavy atom. The highest BCUT2D eigenvalue weighted by Gasteiger charge is 2.22. The lowest BCUT2D eigenvalue weighted by molar-refractivity contribution is 0.0963. The van der Waals surface area contributed by atoms with E-state index < -0.39 is 0 Å². The van der Waals surface area contributed by atoms with Gasteiger partial charge in [-0.1, -0.05) is 39.5 Å². The smallest absolute Gasteiger partial charge is 0.0692 e. The van der Waals surface area contributed by atoms with Crippen molar-refractivity contribution in [2.24, 2.45) is 11.8 Å². The Bertz CT molecular complexity index is 166. The van der Waals surface area contributed by atoms with Crippen molar-refractivity contribution in [2.45, 2.75) is 71.4 Å². The molecule has 16 heavy (non-hydrogen) atoms. The summed E-state index contributed by atoms with van der Waals surface area (Å²) in [5, 5.41) is 13.6. The van der Waals surface area contributed by atoms with Gasteiger partial charge in [0.25, 0.3) is 0 Å². The summed E-state index contributed by atoms with van der Waals surface area (Å²) in [6, 6.07) is 0.575. The van der Waals surface area contributed by atoms with Gasteiger partial charge >= 0.3 is 0 Å². The molecule has 0 amide bonds. The molecule has 96 valence electrons. The normalized spacial score (nSPS) is 21.6. The second-order valence-electron chi connectivity index (χ2n) is 5.39. The first kappa shape index (κ1) is 14.0. The quantitative estimate of drug-likeness (QED) is 0.701. The number of aliphatic hydroxyl groups excluding tert-OH is 1. The Hall–Kier alpha value is -0.0800. The molecular weight excluding hydrogens is 198 g/mol. The van der Waals surface area contributed by atoms with Crippen molar-refractivity contribution >= 4 is 0 Å². The van der Waals surface area contributed by atoms with E-state index in [1.807, 2.05) is 0 Å². The molecule has 2 nitrogen and oxygen atoms in total. The van der Waals surface area contributed by atoms with Gasteiger partial charge < -0.3 is 10.4 Å². The molecule has 1 aliphatic carbocycles. The third-order valence-corrected chi connectivity index (χ3v) is 4.35. The van der Waals surface area contributed by atoms with E-state index in [0.717, 1.165) is 25.3 Å². The summed E-state index contributed by atoms with van der Waals surface area (Å²) in [7, 11) is 0. The maximum atomic E-state index is 10.0. The van der Waals surface area contributed by atoms with Crippen LogP contribution in [0, 0.1) is 11.8 Å². The molecule has 0 radical (unpaired) electrons. The van der Waals surface area contributed by atoms with Crippen molar-refractivity contribution in [3.8, 4) is 0 Å². The number of aliphatic hydroxyl groups is 1. The number of rotatable bonds is 7. The molecular formula is C14H29NO. The zero-order valence-electron chi connectivity index (χ0n) is 11.2. The van der Waals surface area contributed by atoms with Crippen LogP contribution in [0.3, 0.4) is 0 Å². The van der Waals surface area contributed by atoms with Crippen LogP contribution in [0.15, 0.2) is 0 Å². The molecule has 2 heteroatoms. The van der Waals surface area contributed by atoms with Gasteiger partial charge in [0.2, 0.25) is 0 Å². The molecule has 0 heterocycles. The fourth-order valence-corrected chi connectivity index (χ4v) is 2.93. The van der Waals surface area contributed by atoms with Gasteiger partial charge in [0.1, 0.15) is 0 Å². The Labute approximate surface area is 101 Å². The lowest BCUT2D eigenvalue weighted by Crippen LogP contribution is -2.40. The second-order valence-corrected chi connectivity index (χ2v) is 5.39. The van der Waals surface area contributed by atoms with Crippen LogP contribution in [-0.2, 0) is 0 Å². The molecule has 2 N–H and O–H groups in total. The van der Waals surface area contributed by atoms with Crippen LogP contribution < -0.4 is 5.32 Å². The summed E-state index contributed by atoms with van der Waals surface area (Å²) in [6.07, 6.45) is 7.52. The molecule has 2 unspecified atom stereocenters. The predicted molar refractivity (Wildman–Crippen MR) is 69.5 cm³/mol. The SMILES string of the molecule is CCC(CC)C(O)CNC(C)C1CCCC1. The molecule has 0 saturated heterocycles. The molecule has 0 spiro atoms. The van der Waals surface area contributed by atoms with Crippen molar-refractivity contribution in [1.29, 1.82) is 0 Å². The number of nitrogens with one attached hydrogen (secondary N) is 1. The van der Waals surface area contributed by atoms with Crippen LogP contribution in [0.5, 0.6) is 0 Å². The summed E-state index contributed by atoms with van der Waals surface area (Å²) >= 11 is 0. The van der Waals surface area contributed by atoms with Crippen molar-refractivity contribution in [1.82, 2.24) is 5.32 Å². The van der Waals surface area contributed by atoms with Crippen LogP contribution in [0.4, 0.5) is 0 Å². The minimum atomic E-state index is -0.168. The van der Waals surface area contributed by atoms with Gasteiger partial charge in [-0.2, -0.15) is 0 Å². The second kappa shape index (κ2) is 7.29. The first-order chi connectivity index (χ1) is 7.69. The van der Waals surface area contributed by atoms with E-state index in [0.29, 0.717) is 12.0 Å². The summed E-state index contributed by atoms with van der Waals surface area (Å²) < 4.78 is 0. The van der Waals surface area contributed by atoms with Crippen LogP contribution in [-0.4, -0.2) is 23.8 Å². The van der Waals surface area contributed by atoms with Gasteiger partial charge in [-0.15, -0.1) is 0 Å². The van der Waals surface area contributed by atoms with Gasteiger partial charge in [-0.3, -0.25) is 0 Å². The van der Waals surface area contributed by atoms with Crippen molar-refractivity contribution in [3.63, 3.8) is 0 Å². The average Bonchev–Trinajstić information content (AvgIpc) is 2.81. The maximum absolute atomic E-state index is 10.0. The first-order valence-electron chi connectivity index (χ1n) is 7.10. The molecule has 0 aromatic heterocycles. The van der Waals surface area contributed by atoms with Crippen LogP contribution in [0.25, 0.3) is 0 Å². The molecule has 0 bridgehead atoms. The largest absolute Gasteiger partial charge is 0.392 e. The van der Waals surface area contributed by atoms with Gasteiger partial charge in [0, 0.05) is 12.6 Å². The number of hydrogen-bond donors (Lipinski definition) is 2. The summed E-state index contributed by atoms with van der Waals surface area (Å²) in [5.74, 6) is 1.30. The van der Waals surface area contributed by atoms with Crippen LogP contribution >= 0.6 is 0 Å². The third kappa shape index (κ3) is 4.06. The summed E-state index contributed by atoms with van der Waals surface area (Å²) in [5.41, 5.74) is 0. The first-order valence-corrected chi connectivity index (χ1v) is 7.10. The van der Waals surface area contributed by atoms with Gasteiger partial charge in [0.15, 0.2) is 0 Å². The molecule has 1 aliphatic rings. The fraction of sp³-hybridized carbons (Fsp3) is 1.00. The highest BCUT2D eigenvalue weighted by molar-refractivity contribution is 4.79. The Balaban J connectivity index is 2.21. The molecule has 0 aromatic carbocycles. The highest BCUT2D eigenvalue weighted by atomic mass is 16.3. The zero-order chi connectivity index (χ0) is 12.0. The highest BCUT2D eigenvalue weighted by Crippen LogP contribution is 2.27. The lowest BCUT2D eigenvalue weighted by atomic mass is 9.95. The van der Waals surface area contributed by atoms with E-state index in [4.69, 9.17) is 0 Å². The lowest BCUT2D eigenvalue weighted by Gasteiger charge is -2.25. The van der Waals surface area contributed by atoms with Crippen LogP contribution in [0.2, 0.25) is 0 Å². The third-order valence-electron chi connectivity index (χ3n) is 4.35. The monoisotopic (exact) mass is 227 g/mol. The molecule has 1 saturated carbocycles. The molecule has 0 aliphatic heterocycles. The van der Waals surface area contributed by atoms with Gasteiger partial charge in [0.05, 0.1) is 6.10 Å². The fourth-order valence-electron chi connectivity index (χ4n) is 2.93. The van der Waals surface area contributed by atoms with Crippen molar-refractivity contribution < 1.29 is 5.11 Å². The number of hydrogen-bond acceptors (Lipinski definition) is 2. The zero-order valence-corrected chi connectivity index (χ0v) is 11.2. The molecule has 2 atom stereocenters. The van der Waals surface area contributed by atoms with E-state index in [1.165, 1.54) is 25.7 Å². The van der Waals surface area contributed by atoms with Crippen molar-refractivity contribution in [3.05, 3.63) is 0 Å². The minimum Gasteiger partial charge on any atom is -0.392 e. The summed E-state index contributed by atoms with van der Waals surface area (Å²) in [4.78, 5) is 0. The predicted octanol–water partition coefficient (Wildman–Crippen LogP) is 2.95.